The fraction of sp³-hybridized carbons (Fsp3) is 0.278. The van der Waals surface area contributed by atoms with Gasteiger partial charge >= 0.3 is 57.6 Å². The summed E-state index contributed by atoms with van der Waals surface area (Å²) in [6.07, 6.45) is -3.61. The topological polar surface area (TPSA) is 43.4 Å². The van der Waals surface area contributed by atoms with Crippen molar-refractivity contribution < 1.29 is 74.5 Å². The largest absolute Gasteiger partial charge is 1.00 e. The number of rotatable bonds is 3. The average molecular weight is 373 g/mol. The third kappa shape index (κ3) is 5.15. The molecule has 2 aromatic rings. The molecule has 0 aliphatic carbocycles. The number of hydrogen-bond donors (Lipinski definition) is 0. The fourth-order valence-electron chi connectivity index (χ4n) is 2.93. The second kappa shape index (κ2) is 8.33. The van der Waals surface area contributed by atoms with E-state index in [0.29, 0.717) is 19.5 Å². The molecular weight excluding hydrogens is 358 g/mol. The van der Waals surface area contributed by atoms with Crippen molar-refractivity contribution in [3.63, 3.8) is 0 Å². The number of carbonyl (C=O) groups excluding carboxylic acids is 1. The maximum atomic E-state index is 12.6. The molecule has 2 aromatic carbocycles. The summed E-state index contributed by atoms with van der Waals surface area (Å²) in [6.45, 7) is 1.92. The predicted octanol–water partition coefficient (Wildman–Crippen LogP) is -0.369. The van der Waals surface area contributed by atoms with Crippen molar-refractivity contribution in [1.82, 2.24) is 4.90 Å². The predicted molar refractivity (Wildman–Crippen MR) is 80.0 cm³/mol. The van der Waals surface area contributed by atoms with E-state index in [9.17, 15) is 23.1 Å². The van der Waals surface area contributed by atoms with Crippen molar-refractivity contribution in [3.05, 3.63) is 70.3 Å². The van der Waals surface area contributed by atoms with Gasteiger partial charge in [-0.1, -0.05) is 24.3 Å². The number of nitrogens with zero attached hydrogens (tertiary/aromatic N) is 1. The fourth-order valence-corrected chi connectivity index (χ4v) is 2.93. The Balaban J connectivity index is 0.00000225. The molecule has 3 rings (SSSR count). The van der Waals surface area contributed by atoms with Gasteiger partial charge in [-0.3, -0.25) is 4.90 Å². The Bertz CT molecular complexity index is 760. The van der Waals surface area contributed by atoms with Crippen LogP contribution in [-0.4, -0.2) is 17.4 Å². The zero-order chi connectivity index (χ0) is 17.3. The monoisotopic (exact) mass is 373 g/mol. The van der Waals surface area contributed by atoms with E-state index in [-0.39, 0.29) is 56.9 Å². The van der Waals surface area contributed by atoms with Gasteiger partial charge in [0, 0.05) is 19.6 Å². The molecule has 25 heavy (non-hydrogen) atoms. The summed E-state index contributed by atoms with van der Waals surface area (Å²) in [5.41, 5.74) is 2.37. The number of halogens is 3. The van der Waals surface area contributed by atoms with Gasteiger partial charge in [0.05, 0.1) is 11.5 Å². The molecular formula is C18H15F3KNO2. The number of carboxylic acid groups (broad SMARTS) is 1. The first-order chi connectivity index (χ1) is 11.3. The molecule has 1 aliphatic heterocycles. The van der Waals surface area contributed by atoms with Gasteiger partial charge in [-0.25, -0.2) is 0 Å². The normalized spacial score (nSPS) is 14.5. The first-order valence-corrected chi connectivity index (χ1v) is 7.54. The average Bonchev–Trinajstić information content (AvgIpc) is 2.54. The number of hydrogen-bond acceptors (Lipinski definition) is 3. The molecule has 0 bridgehead atoms. The third-order valence-electron chi connectivity index (χ3n) is 4.22. The van der Waals surface area contributed by atoms with Crippen LogP contribution in [-0.2, 0) is 25.7 Å². The van der Waals surface area contributed by atoms with Crippen LogP contribution in [0.25, 0.3) is 0 Å². The molecule has 0 fully saturated rings. The van der Waals surface area contributed by atoms with Crippen LogP contribution in [0, 0.1) is 0 Å². The smallest absolute Gasteiger partial charge is 0.545 e. The molecule has 0 spiro atoms. The number of carboxylic acids is 1. The summed E-state index contributed by atoms with van der Waals surface area (Å²) >= 11 is 0. The summed E-state index contributed by atoms with van der Waals surface area (Å²) in [4.78, 5) is 13.0. The van der Waals surface area contributed by atoms with Crippen LogP contribution >= 0.6 is 0 Å². The Morgan fingerprint density at radius 2 is 1.76 bits per heavy atom. The molecule has 1 aliphatic rings. The Morgan fingerprint density at radius 3 is 2.36 bits per heavy atom. The Hall–Kier alpha value is -0.704. The SMILES string of the molecule is O=C([O-])c1ccc2c(c1)CCN(Cc1ccc(C(F)(F)F)cc1)C2.[K+]. The molecule has 7 heteroatoms. The van der Waals surface area contributed by atoms with Crippen molar-refractivity contribution in [1.29, 1.82) is 0 Å². The Kier molecular flexibility index (Phi) is 6.86. The van der Waals surface area contributed by atoms with Crippen molar-refractivity contribution >= 4 is 5.97 Å². The number of aromatic carboxylic acids is 1. The molecule has 0 amide bonds. The van der Waals surface area contributed by atoms with E-state index in [4.69, 9.17) is 0 Å². The summed E-state index contributed by atoms with van der Waals surface area (Å²) in [7, 11) is 0. The van der Waals surface area contributed by atoms with Crippen LogP contribution in [0.2, 0.25) is 0 Å². The quantitative estimate of drug-likeness (QED) is 0.690. The van der Waals surface area contributed by atoms with Crippen molar-refractivity contribution in [3.8, 4) is 0 Å². The van der Waals surface area contributed by atoms with Crippen LogP contribution in [0.4, 0.5) is 13.2 Å². The standard InChI is InChI=1S/C18H16F3NO2.K/c19-18(20,21)16-5-1-12(2-6-16)10-22-8-7-13-9-14(17(23)24)3-4-15(13)11-22;/h1-6,9H,7-8,10-11H2,(H,23,24);/q;+1/p-1. The second-order valence-corrected chi connectivity index (χ2v) is 5.93. The summed E-state index contributed by atoms with van der Waals surface area (Å²) in [6, 6.07) is 10.1. The van der Waals surface area contributed by atoms with E-state index >= 15 is 0 Å². The molecule has 0 aromatic heterocycles. The third-order valence-corrected chi connectivity index (χ3v) is 4.22. The number of benzene rings is 2. The summed E-state index contributed by atoms with van der Waals surface area (Å²) in [5, 5.41) is 10.9. The molecule has 0 unspecified atom stereocenters. The van der Waals surface area contributed by atoms with Gasteiger partial charge in [-0.15, -0.1) is 0 Å². The summed E-state index contributed by atoms with van der Waals surface area (Å²) < 4.78 is 37.7. The second-order valence-electron chi connectivity index (χ2n) is 5.93. The maximum absolute atomic E-state index is 12.6. The van der Waals surface area contributed by atoms with Gasteiger partial charge in [0.2, 0.25) is 0 Å². The minimum Gasteiger partial charge on any atom is -0.545 e. The van der Waals surface area contributed by atoms with Crippen LogP contribution in [0.5, 0.6) is 0 Å². The summed E-state index contributed by atoms with van der Waals surface area (Å²) in [5.74, 6) is -1.19. The van der Waals surface area contributed by atoms with Gasteiger partial charge in [0.15, 0.2) is 0 Å². The van der Waals surface area contributed by atoms with Crippen LogP contribution in [0.3, 0.4) is 0 Å². The molecule has 0 atom stereocenters. The Morgan fingerprint density at radius 1 is 1.08 bits per heavy atom. The van der Waals surface area contributed by atoms with E-state index in [1.165, 1.54) is 18.2 Å². The molecule has 0 radical (unpaired) electrons. The molecule has 0 N–H and O–H groups in total. The van der Waals surface area contributed by atoms with Gasteiger partial charge in [0.25, 0.3) is 0 Å². The zero-order valence-corrected chi connectivity index (χ0v) is 16.9. The van der Waals surface area contributed by atoms with Crippen LogP contribution in [0.1, 0.15) is 32.6 Å². The number of alkyl halides is 3. The van der Waals surface area contributed by atoms with Crippen LogP contribution in [0.15, 0.2) is 42.5 Å². The first kappa shape index (κ1) is 20.6. The number of carbonyl (C=O) groups is 1. The first-order valence-electron chi connectivity index (χ1n) is 7.54. The van der Waals surface area contributed by atoms with Crippen LogP contribution < -0.4 is 56.5 Å². The van der Waals surface area contributed by atoms with Gasteiger partial charge in [-0.05, 0) is 46.9 Å². The maximum Gasteiger partial charge on any atom is 1.00 e. The molecule has 126 valence electrons. The van der Waals surface area contributed by atoms with E-state index < -0.39 is 17.7 Å². The molecule has 0 saturated heterocycles. The minimum atomic E-state index is -4.32. The van der Waals surface area contributed by atoms with E-state index in [1.54, 1.807) is 12.1 Å². The van der Waals surface area contributed by atoms with E-state index in [1.807, 2.05) is 0 Å². The van der Waals surface area contributed by atoms with Gasteiger partial charge in [-0.2, -0.15) is 13.2 Å². The van der Waals surface area contributed by atoms with Gasteiger partial charge in [0.1, 0.15) is 0 Å². The molecule has 1 heterocycles. The van der Waals surface area contributed by atoms with Crippen molar-refractivity contribution in [2.24, 2.45) is 0 Å². The molecule has 0 saturated carbocycles. The number of fused-ring (bicyclic) bond motifs is 1. The van der Waals surface area contributed by atoms with Crippen molar-refractivity contribution in [2.45, 2.75) is 25.7 Å². The Labute approximate surface area is 186 Å². The van der Waals surface area contributed by atoms with Gasteiger partial charge < -0.3 is 9.90 Å². The zero-order valence-electron chi connectivity index (χ0n) is 13.8. The molecule has 3 nitrogen and oxygen atoms in total. The minimum absolute atomic E-state index is 0. The van der Waals surface area contributed by atoms with E-state index in [0.717, 1.165) is 35.4 Å². The van der Waals surface area contributed by atoms with Crippen molar-refractivity contribution in [2.75, 3.05) is 6.54 Å². The van der Waals surface area contributed by atoms with E-state index in [2.05, 4.69) is 4.90 Å².